The maximum atomic E-state index is 12.1. The molecule has 0 radical (unpaired) electrons. The molecule has 0 aromatic heterocycles. The van der Waals surface area contributed by atoms with E-state index in [2.05, 4.69) is 10.6 Å². The van der Waals surface area contributed by atoms with Gasteiger partial charge in [0.25, 0.3) is 5.91 Å². The molecule has 1 aromatic rings. The van der Waals surface area contributed by atoms with Crippen molar-refractivity contribution < 1.29 is 66.1 Å². The zero-order chi connectivity index (χ0) is 14.4. The summed E-state index contributed by atoms with van der Waals surface area (Å²) >= 11 is 0. The number of nitrogens with one attached hydrogen (secondary N) is 1. The molecule has 0 aliphatic carbocycles. The summed E-state index contributed by atoms with van der Waals surface area (Å²) in [6, 6.07) is 8.95. The summed E-state index contributed by atoms with van der Waals surface area (Å²) in [5.74, 6) is -0.430. The second-order valence-electron chi connectivity index (χ2n) is 4.21. The van der Waals surface area contributed by atoms with Gasteiger partial charge in [0, 0.05) is 6.54 Å². The van der Waals surface area contributed by atoms with Crippen molar-refractivity contribution >= 4 is 17.3 Å². The Morgan fingerprint density at radius 2 is 2.10 bits per heavy atom. The topological polar surface area (TPSA) is 77.0 Å². The predicted molar refractivity (Wildman–Crippen MR) is 73.7 cm³/mol. The van der Waals surface area contributed by atoms with Crippen molar-refractivity contribution in [1.29, 1.82) is 0 Å². The smallest absolute Gasteiger partial charge is 0.877 e. The number of para-hydroxylation sites is 1. The third-order valence-electron chi connectivity index (χ3n) is 2.74. The number of carbonyl (C=O) groups is 1. The zero-order valence-electron chi connectivity index (χ0n) is 12.2. The fourth-order valence-corrected chi connectivity index (χ4v) is 1.72. The van der Waals surface area contributed by atoms with E-state index in [1.54, 1.807) is 24.3 Å². The van der Waals surface area contributed by atoms with Gasteiger partial charge >= 0.3 is 51.4 Å². The first-order valence-corrected chi connectivity index (χ1v) is 6.42. The van der Waals surface area contributed by atoms with E-state index < -0.39 is 5.91 Å². The molecule has 0 bridgehead atoms. The number of hydrazone groups is 1. The number of carbonyl (C=O) groups excluding carboxylic acids is 1. The predicted octanol–water partition coefficient (Wildman–Crippen LogP) is -2.43. The number of anilines is 1. The van der Waals surface area contributed by atoms with Crippen molar-refractivity contribution in [2.45, 2.75) is 13.3 Å². The van der Waals surface area contributed by atoms with Crippen LogP contribution >= 0.6 is 0 Å². The van der Waals surface area contributed by atoms with Crippen LogP contribution in [0, 0.1) is 0 Å². The summed E-state index contributed by atoms with van der Waals surface area (Å²) in [5.41, 5.74) is 3.72. The first-order valence-electron chi connectivity index (χ1n) is 6.42. The van der Waals surface area contributed by atoms with Crippen LogP contribution in [0.15, 0.2) is 47.3 Å². The van der Waals surface area contributed by atoms with E-state index in [-0.39, 0.29) is 63.6 Å². The molecular formula is C14H16KN3O3. The van der Waals surface area contributed by atoms with Gasteiger partial charge in [-0.3, -0.25) is 9.63 Å². The van der Waals surface area contributed by atoms with Crippen LogP contribution in [0.25, 0.3) is 0 Å². The van der Waals surface area contributed by atoms with Gasteiger partial charge in [-0.2, -0.15) is 10.1 Å². The van der Waals surface area contributed by atoms with Crippen LogP contribution in [0.1, 0.15) is 13.3 Å². The van der Waals surface area contributed by atoms with Gasteiger partial charge in [-0.25, -0.2) is 5.48 Å². The van der Waals surface area contributed by atoms with Gasteiger partial charge < -0.3 is 5.11 Å². The van der Waals surface area contributed by atoms with Crippen LogP contribution in [0.4, 0.5) is 5.69 Å². The van der Waals surface area contributed by atoms with Gasteiger partial charge in [0.2, 0.25) is 0 Å². The summed E-state index contributed by atoms with van der Waals surface area (Å²) in [5, 5.41) is 16.4. The van der Waals surface area contributed by atoms with Crippen LogP contribution in [0.5, 0.6) is 0 Å². The SMILES string of the molecule is CCCNOCC1=NN(c2ccccc2)C(=O)/C1=C\[O-].[K+]. The van der Waals surface area contributed by atoms with Gasteiger partial charge in [0.1, 0.15) is 12.3 Å². The van der Waals surface area contributed by atoms with E-state index >= 15 is 0 Å². The Bertz CT molecular complexity index is 532. The Morgan fingerprint density at radius 3 is 2.71 bits per heavy atom. The maximum absolute atomic E-state index is 12.1. The summed E-state index contributed by atoms with van der Waals surface area (Å²) in [6.07, 6.45) is 1.44. The molecule has 6 nitrogen and oxygen atoms in total. The first-order chi connectivity index (χ1) is 9.77. The molecule has 21 heavy (non-hydrogen) atoms. The summed E-state index contributed by atoms with van der Waals surface area (Å²) < 4.78 is 0. The van der Waals surface area contributed by atoms with Gasteiger partial charge in [0.15, 0.2) is 0 Å². The number of nitrogens with zero attached hydrogens (tertiary/aromatic N) is 2. The van der Waals surface area contributed by atoms with Crippen molar-refractivity contribution in [1.82, 2.24) is 5.48 Å². The van der Waals surface area contributed by atoms with Crippen molar-refractivity contribution in [3.05, 3.63) is 42.2 Å². The van der Waals surface area contributed by atoms with Gasteiger partial charge in [-0.15, -0.1) is 6.26 Å². The number of hydrogen-bond donors (Lipinski definition) is 1. The number of benzene rings is 1. The standard InChI is InChI=1S/C14H17N3O3.K/c1-2-8-15-20-10-13-12(9-18)14(19)17(16-13)11-6-4-3-5-7-11;/h3-7,9,15,18H,2,8,10H2,1H3;/q;+1/p-1/b12-9-;. The fraction of sp³-hybridized carbons (Fsp3) is 0.286. The molecule has 0 saturated heterocycles. The minimum Gasteiger partial charge on any atom is -0.877 e. The molecule has 1 aromatic carbocycles. The monoisotopic (exact) mass is 313 g/mol. The minimum absolute atomic E-state index is 0. The van der Waals surface area contributed by atoms with Crippen LogP contribution in [-0.4, -0.2) is 24.8 Å². The van der Waals surface area contributed by atoms with Crippen molar-refractivity contribution in [2.24, 2.45) is 5.10 Å². The van der Waals surface area contributed by atoms with E-state index in [1.165, 1.54) is 5.01 Å². The molecular weight excluding hydrogens is 297 g/mol. The van der Waals surface area contributed by atoms with Crippen molar-refractivity contribution in [3.8, 4) is 0 Å². The molecule has 1 aliphatic rings. The van der Waals surface area contributed by atoms with E-state index in [4.69, 9.17) is 4.84 Å². The number of hydrogen-bond acceptors (Lipinski definition) is 5. The van der Waals surface area contributed by atoms with Gasteiger partial charge in [0.05, 0.1) is 11.3 Å². The Balaban J connectivity index is 0.00000220. The average molecular weight is 313 g/mol. The second kappa shape index (κ2) is 9.47. The first kappa shape index (κ1) is 18.5. The fourth-order valence-electron chi connectivity index (χ4n) is 1.72. The van der Waals surface area contributed by atoms with Crippen LogP contribution in [0.3, 0.4) is 0 Å². The van der Waals surface area contributed by atoms with Crippen LogP contribution < -0.4 is 67.0 Å². The molecule has 0 fully saturated rings. The number of amides is 1. The summed E-state index contributed by atoms with van der Waals surface area (Å²) in [4.78, 5) is 17.3. The normalized spacial score (nSPS) is 16.0. The second-order valence-corrected chi connectivity index (χ2v) is 4.21. The molecule has 1 aliphatic heterocycles. The van der Waals surface area contributed by atoms with Crippen molar-refractivity contribution in [2.75, 3.05) is 18.2 Å². The number of rotatable bonds is 6. The molecule has 0 atom stereocenters. The van der Waals surface area contributed by atoms with Crippen LogP contribution in [-0.2, 0) is 9.63 Å². The molecule has 0 unspecified atom stereocenters. The Labute approximate surface area is 166 Å². The molecule has 1 amide bonds. The quantitative estimate of drug-likeness (QED) is 0.208. The van der Waals surface area contributed by atoms with E-state index in [0.29, 0.717) is 24.2 Å². The van der Waals surface area contributed by atoms with E-state index in [1.807, 2.05) is 13.0 Å². The van der Waals surface area contributed by atoms with E-state index in [9.17, 15) is 9.90 Å². The molecule has 0 spiro atoms. The van der Waals surface area contributed by atoms with Crippen LogP contribution in [0.2, 0.25) is 0 Å². The number of hydroxylamine groups is 1. The molecule has 1 heterocycles. The average Bonchev–Trinajstić information content (AvgIpc) is 2.80. The maximum Gasteiger partial charge on any atom is 1.00 e. The van der Waals surface area contributed by atoms with Gasteiger partial charge in [-0.1, -0.05) is 25.1 Å². The zero-order valence-corrected chi connectivity index (χ0v) is 15.3. The summed E-state index contributed by atoms with van der Waals surface area (Å²) in [6.45, 7) is 2.77. The Kier molecular flexibility index (Phi) is 8.34. The van der Waals surface area contributed by atoms with Crippen molar-refractivity contribution in [3.63, 3.8) is 0 Å². The molecule has 7 heteroatoms. The molecule has 1 N–H and O–H groups in total. The molecule has 106 valence electrons. The minimum atomic E-state index is -0.430. The largest absolute Gasteiger partial charge is 1.00 e. The summed E-state index contributed by atoms with van der Waals surface area (Å²) in [7, 11) is 0. The Hall–Kier alpha value is -0.544. The molecule has 0 saturated carbocycles. The Morgan fingerprint density at radius 1 is 1.38 bits per heavy atom. The third-order valence-corrected chi connectivity index (χ3v) is 2.74. The third kappa shape index (κ3) is 4.72. The molecule has 2 rings (SSSR count). The van der Waals surface area contributed by atoms with E-state index in [0.717, 1.165) is 6.42 Å². The van der Waals surface area contributed by atoms with Gasteiger partial charge in [-0.05, 0) is 18.6 Å².